The van der Waals surface area contributed by atoms with Gasteiger partial charge in [-0.1, -0.05) is 43.2 Å². The van der Waals surface area contributed by atoms with Crippen molar-refractivity contribution < 1.29 is 23.4 Å². The van der Waals surface area contributed by atoms with Crippen molar-refractivity contribution in [3.63, 3.8) is 0 Å². The summed E-state index contributed by atoms with van der Waals surface area (Å²) in [6.07, 6.45) is 7.52. The van der Waals surface area contributed by atoms with E-state index in [2.05, 4.69) is 34.3 Å². The molecule has 0 bridgehead atoms. The number of hydrogen-bond donors (Lipinski definition) is 4. The highest BCUT2D eigenvalue weighted by atomic mass is 32.2. The second kappa shape index (κ2) is 14.9. The average Bonchev–Trinajstić information content (AvgIpc) is 2.87. The SMILES string of the molecule is CS(=O)(=O)Nc1cc(C(O)CNCCCCCCOCCCCc2ccc3ccccc3n2)ccc1O. The van der Waals surface area contributed by atoms with Crippen molar-refractivity contribution in [1.29, 1.82) is 0 Å². The number of nitrogens with zero attached hydrogens (tertiary/aromatic N) is 1. The number of phenols is 1. The third-order valence-corrected chi connectivity index (χ3v) is 6.65. The van der Waals surface area contributed by atoms with Crippen molar-refractivity contribution in [3.8, 4) is 5.75 Å². The van der Waals surface area contributed by atoms with Gasteiger partial charge in [0.25, 0.3) is 0 Å². The van der Waals surface area contributed by atoms with E-state index in [4.69, 9.17) is 9.72 Å². The van der Waals surface area contributed by atoms with Crippen LogP contribution in [0.2, 0.25) is 0 Å². The second-order valence-corrected chi connectivity index (χ2v) is 11.1. The Labute approximate surface area is 220 Å². The number of phenolic OH excluding ortho intramolecular Hbond substituents is 1. The van der Waals surface area contributed by atoms with E-state index in [-0.39, 0.29) is 11.4 Å². The quantitative estimate of drug-likeness (QED) is 0.150. The fourth-order valence-corrected chi connectivity index (χ4v) is 4.63. The molecular formula is C28H39N3O5S. The van der Waals surface area contributed by atoms with E-state index in [1.54, 1.807) is 6.07 Å². The molecule has 0 fully saturated rings. The molecule has 0 aliphatic carbocycles. The van der Waals surface area contributed by atoms with Crippen LogP contribution in [0.5, 0.6) is 5.75 Å². The van der Waals surface area contributed by atoms with Gasteiger partial charge in [-0.05, 0) is 68.5 Å². The summed E-state index contributed by atoms with van der Waals surface area (Å²) in [7, 11) is -3.52. The first-order valence-electron chi connectivity index (χ1n) is 12.9. The van der Waals surface area contributed by atoms with Gasteiger partial charge in [-0.25, -0.2) is 8.42 Å². The van der Waals surface area contributed by atoms with E-state index in [0.29, 0.717) is 12.1 Å². The molecule has 8 nitrogen and oxygen atoms in total. The highest BCUT2D eigenvalue weighted by molar-refractivity contribution is 7.92. The van der Waals surface area contributed by atoms with E-state index in [1.807, 2.05) is 12.1 Å². The number of anilines is 1. The maximum atomic E-state index is 11.4. The largest absolute Gasteiger partial charge is 0.506 e. The molecule has 0 aliphatic heterocycles. The lowest BCUT2D eigenvalue weighted by Gasteiger charge is -2.14. The van der Waals surface area contributed by atoms with Gasteiger partial charge in [0.05, 0.1) is 23.6 Å². The van der Waals surface area contributed by atoms with Crippen LogP contribution in [0.25, 0.3) is 10.9 Å². The summed E-state index contributed by atoms with van der Waals surface area (Å²) in [4.78, 5) is 4.72. The summed E-state index contributed by atoms with van der Waals surface area (Å²) in [5.41, 5.74) is 2.78. The van der Waals surface area contributed by atoms with Crippen molar-refractivity contribution in [2.24, 2.45) is 0 Å². The molecule has 0 saturated heterocycles. The van der Waals surface area contributed by atoms with Crippen molar-refractivity contribution in [2.75, 3.05) is 37.3 Å². The minimum atomic E-state index is -3.52. The monoisotopic (exact) mass is 529 g/mol. The second-order valence-electron chi connectivity index (χ2n) is 9.35. The summed E-state index contributed by atoms with van der Waals surface area (Å²) in [6, 6.07) is 16.8. The van der Waals surface area contributed by atoms with Crippen LogP contribution in [0.4, 0.5) is 5.69 Å². The minimum Gasteiger partial charge on any atom is -0.506 e. The van der Waals surface area contributed by atoms with Crippen molar-refractivity contribution in [3.05, 3.63) is 65.9 Å². The molecule has 2 aromatic carbocycles. The van der Waals surface area contributed by atoms with Gasteiger partial charge < -0.3 is 20.3 Å². The maximum Gasteiger partial charge on any atom is 0.229 e. The number of sulfonamides is 1. The summed E-state index contributed by atoms with van der Waals surface area (Å²) in [5, 5.41) is 24.6. The van der Waals surface area contributed by atoms with Gasteiger partial charge in [-0.2, -0.15) is 0 Å². The van der Waals surface area contributed by atoms with Gasteiger partial charge in [0.2, 0.25) is 10.0 Å². The Kier molecular flexibility index (Phi) is 11.6. The summed E-state index contributed by atoms with van der Waals surface area (Å²) in [5.74, 6) is -0.184. The predicted molar refractivity (Wildman–Crippen MR) is 148 cm³/mol. The number of aromatic hydroxyl groups is 1. The summed E-state index contributed by atoms with van der Waals surface area (Å²) >= 11 is 0. The Balaban J connectivity index is 1.17. The first-order chi connectivity index (χ1) is 17.8. The molecule has 4 N–H and O–H groups in total. The number of fused-ring (bicyclic) bond motifs is 1. The van der Waals surface area contributed by atoms with Gasteiger partial charge in [0.1, 0.15) is 5.75 Å². The molecule has 9 heteroatoms. The van der Waals surface area contributed by atoms with Gasteiger partial charge in [-0.15, -0.1) is 0 Å². The fraction of sp³-hybridized carbons (Fsp3) is 0.464. The zero-order valence-electron chi connectivity index (χ0n) is 21.5. The Hall–Kier alpha value is -2.72. The number of aromatic nitrogens is 1. The van der Waals surface area contributed by atoms with Crippen molar-refractivity contribution in [1.82, 2.24) is 10.3 Å². The van der Waals surface area contributed by atoms with Gasteiger partial charge in [-0.3, -0.25) is 9.71 Å². The number of aliphatic hydroxyl groups is 1. The lowest BCUT2D eigenvalue weighted by Crippen LogP contribution is -2.22. The van der Waals surface area contributed by atoms with E-state index in [0.717, 1.165) is 82.2 Å². The summed E-state index contributed by atoms with van der Waals surface area (Å²) in [6.45, 7) is 2.70. The van der Waals surface area contributed by atoms with Gasteiger partial charge in [0, 0.05) is 30.8 Å². The van der Waals surface area contributed by atoms with Crippen LogP contribution < -0.4 is 10.0 Å². The Morgan fingerprint density at radius 3 is 2.51 bits per heavy atom. The number of benzene rings is 2. The molecule has 0 spiro atoms. The molecule has 0 amide bonds. The number of para-hydroxylation sites is 1. The Morgan fingerprint density at radius 1 is 0.946 bits per heavy atom. The standard InChI is InChI=1S/C28H39N3O5S/c1-37(34,35)31-26-20-23(14-16-27(26)32)28(33)21-29-17-7-2-3-8-18-36-19-9-6-11-24-15-13-22-10-4-5-12-25(22)30-24/h4-5,10,12-16,20,28-29,31-33H,2-3,6-9,11,17-19,21H2,1H3. The molecule has 0 radical (unpaired) electrons. The first kappa shape index (κ1) is 28.8. The van der Waals surface area contributed by atoms with Gasteiger partial charge in [0.15, 0.2) is 0 Å². The number of nitrogens with one attached hydrogen (secondary N) is 2. The average molecular weight is 530 g/mol. The van der Waals surface area contributed by atoms with Gasteiger partial charge >= 0.3 is 0 Å². The van der Waals surface area contributed by atoms with Crippen LogP contribution in [0.1, 0.15) is 55.9 Å². The van der Waals surface area contributed by atoms with E-state index in [9.17, 15) is 18.6 Å². The molecule has 3 rings (SSSR count). The molecule has 0 saturated carbocycles. The molecule has 1 unspecified atom stereocenters. The molecule has 3 aromatic rings. The number of rotatable bonds is 17. The summed E-state index contributed by atoms with van der Waals surface area (Å²) < 4.78 is 30.8. The smallest absolute Gasteiger partial charge is 0.229 e. The van der Waals surface area contributed by atoms with Crippen molar-refractivity contribution >= 4 is 26.6 Å². The molecular weight excluding hydrogens is 490 g/mol. The predicted octanol–water partition coefficient (Wildman–Crippen LogP) is 4.53. The number of hydrogen-bond acceptors (Lipinski definition) is 7. The topological polar surface area (TPSA) is 121 Å². The number of pyridine rings is 1. The van der Waals surface area contributed by atoms with Crippen LogP contribution in [-0.4, -0.2) is 56.2 Å². The fourth-order valence-electron chi connectivity index (χ4n) is 4.07. The number of aryl methyl sites for hydroxylation is 1. The van der Waals surface area contributed by atoms with E-state index >= 15 is 0 Å². The molecule has 1 heterocycles. The zero-order chi connectivity index (χ0) is 26.5. The zero-order valence-corrected chi connectivity index (χ0v) is 22.3. The molecule has 1 aromatic heterocycles. The minimum absolute atomic E-state index is 0.0585. The van der Waals surface area contributed by atoms with Crippen LogP contribution in [0, 0.1) is 0 Å². The first-order valence-corrected chi connectivity index (χ1v) is 14.8. The lowest BCUT2D eigenvalue weighted by atomic mass is 10.1. The Morgan fingerprint density at radius 2 is 1.70 bits per heavy atom. The Bertz CT molecular complexity index is 1220. The highest BCUT2D eigenvalue weighted by Crippen LogP contribution is 2.27. The van der Waals surface area contributed by atoms with E-state index in [1.165, 1.54) is 17.5 Å². The number of unbranched alkanes of at least 4 members (excludes halogenated alkanes) is 4. The molecule has 0 aliphatic rings. The van der Waals surface area contributed by atoms with Crippen LogP contribution in [-0.2, 0) is 21.2 Å². The van der Waals surface area contributed by atoms with Crippen LogP contribution in [0.3, 0.4) is 0 Å². The molecule has 1 atom stereocenters. The lowest BCUT2D eigenvalue weighted by molar-refractivity contribution is 0.126. The number of ether oxygens (including phenoxy) is 1. The molecule has 37 heavy (non-hydrogen) atoms. The van der Waals surface area contributed by atoms with Crippen molar-refractivity contribution in [2.45, 2.75) is 51.0 Å². The third-order valence-electron chi connectivity index (χ3n) is 6.06. The van der Waals surface area contributed by atoms with Crippen LogP contribution in [0.15, 0.2) is 54.6 Å². The normalized spacial score (nSPS) is 12.6. The van der Waals surface area contributed by atoms with E-state index < -0.39 is 16.1 Å². The maximum absolute atomic E-state index is 11.4. The number of aliphatic hydroxyl groups excluding tert-OH is 1. The third kappa shape index (κ3) is 10.7. The highest BCUT2D eigenvalue weighted by Gasteiger charge is 2.12. The molecule has 202 valence electrons. The van der Waals surface area contributed by atoms with Crippen LogP contribution >= 0.6 is 0 Å².